The Hall–Kier alpha value is -3.97. The lowest BCUT2D eigenvalue weighted by Gasteiger charge is -2.34. The molecule has 10 heteroatoms. The number of piperidine rings is 1. The van der Waals surface area contributed by atoms with Crippen molar-refractivity contribution in [1.82, 2.24) is 19.6 Å². The Balaban J connectivity index is 1.29. The van der Waals surface area contributed by atoms with Crippen molar-refractivity contribution in [1.29, 1.82) is 5.26 Å². The molecule has 2 fully saturated rings. The normalized spacial score (nSPS) is 17.9. The Kier molecular flexibility index (Phi) is 6.92. The number of halogens is 1. The Morgan fingerprint density at radius 1 is 1.12 bits per heavy atom. The van der Waals surface area contributed by atoms with Crippen LogP contribution in [0.5, 0.6) is 5.75 Å². The van der Waals surface area contributed by atoms with Gasteiger partial charge in [-0.2, -0.15) is 5.26 Å². The second-order valence-corrected chi connectivity index (χ2v) is 11.5. The van der Waals surface area contributed by atoms with Crippen LogP contribution in [0.3, 0.4) is 0 Å². The van der Waals surface area contributed by atoms with Crippen LogP contribution in [0.25, 0.3) is 16.6 Å². The van der Waals surface area contributed by atoms with E-state index in [1.807, 2.05) is 41.2 Å². The summed E-state index contributed by atoms with van der Waals surface area (Å²) in [6.45, 7) is 3.41. The number of para-hydroxylation sites is 1. The number of fused-ring (bicyclic) bond motifs is 1. The second-order valence-electron chi connectivity index (χ2n) is 10.7. The molecule has 0 radical (unpaired) electrons. The summed E-state index contributed by atoms with van der Waals surface area (Å²) in [6.07, 6.45) is 5.11. The van der Waals surface area contributed by atoms with Crippen LogP contribution in [0.15, 0.2) is 51.9 Å². The van der Waals surface area contributed by atoms with E-state index in [2.05, 4.69) is 50.2 Å². The predicted molar refractivity (Wildman–Crippen MR) is 155 cm³/mol. The summed E-state index contributed by atoms with van der Waals surface area (Å²) in [5.74, 6) is 1.03. The van der Waals surface area contributed by atoms with Gasteiger partial charge in [0.25, 0.3) is 5.56 Å². The molecule has 1 aliphatic carbocycles. The number of ketones is 1. The van der Waals surface area contributed by atoms with Crippen molar-refractivity contribution >= 4 is 38.3 Å². The molecule has 40 heavy (non-hydrogen) atoms. The SMILES string of the molecule is Cc1ccccc1-n1cc(C2CCN(c3c(C#N)c(=O)n(C)c4cc(O[C@@H]5CCC(=O)C5)c(Br)cc34)CC2)nn1. The standard InChI is InChI=1S/C30H29BrN6O3/c1-18-5-3-4-6-26(18)37-17-25(33-34-37)19-9-11-36(12-10-19)29-22-14-24(31)28(40-21-8-7-20(38)13-21)15-27(22)35(2)30(39)23(29)16-32/h3-6,14-15,17,19,21H,7-13H2,1-2H3/t21-/m1/s1. The molecule has 204 valence electrons. The molecule has 0 N–H and O–H groups in total. The first-order valence-electron chi connectivity index (χ1n) is 13.5. The van der Waals surface area contributed by atoms with Crippen LogP contribution in [0.2, 0.25) is 0 Å². The summed E-state index contributed by atoms with van der Waals surface area (Å²) in [5, 5.41) is 19.7. The minimum atomic E-state index is -0.336. The molecule has 4 aromatic rings. The van der Waals surface area contributed by atoms with Gasteiger partial charge in [-0.15, -0.1) is 5.10 Å². The van der Waals surface area contributed by atoms with Crippen LogP contribution in [-0.2, 0) is 11.8 Å². The van der Waals surface area contributed by atoms with Gasteiger partial charge in [0.1, 0.15) is 29.3 Å². The largest absolute Gasteiger partial charge is 0.489 e. The van der Waals surface area contributed by atoms with E-state index in [1.54, 1.807) is 7.05 Å². The van der Waals surface area contributed by atoms with Crippen LogP contribution < -0.4 is 15.2 Å². The summed E-state index contributed by atoms with van der Waals surface area (Å²) in [5.41, 5.74) is 4.24. The van der Waals surface area contributed by atoms with Gasteiger partial charge in [-0.1, -0.05) is 23.4 Å². The highest BCUT2D eigenvalue weighted by Gasteiger charge is 2.29. The summed E-state index contributed by atoms with van der Waals surface area (Å²) < 4.78 is 10.2. The van der Waals surface area contributed by atoms with E-state index >= 15 is 0 Å². The molecular weight excluding hydrogens is 572 g/mol. The van der Waals surface area contributed by atoms with Crippen molar-refractivity contribution in [3.63, 3.8) is 0 Å². The average molecular weight is 602 g/mol. The van der Waals surface area contributed by atoms with E-state index in [9.17, 15) is 14.9 Å². The first-order chi connectivity index (χ1) is 19.3. The van der Waals surface area contributed by atoms with E-state index in [0.29, 0.717) is 49.3 Å². The molecule has 0 spiro atoms. The zero-order chi connectivity index (χ0) is 28.0. The highest BCUT2D eigenvalue weighted by atomic mass is 79.9. The highest BCUT2D eigenvalue weighted by molar-refractivity contribution is 9.10. The van der Waals surface area contributed by atoms with Gasteiger partial charge in [0.15, 0.2) is 0 Å². The maximum atomic E-state index is 13.3. The van der Waals surface area contributed by atoms with Gasteiger partial charge >= 0.3 is 0 Å². The van der Waals surface area contributed by atoms with E-state index in [1.165, 1.54) is 4.57 Å². The minimum absolute atomic E-state index is 0.140. The van der Waals surface area contributed by atoms with Crippen molar-refractivity contribution in [2.75, 3.05) is 18.0 Å². The van der Waals surface area contributed by atoms with Crippen LogP contribution in [0, 0.1) is 18.3 Å². The number of anilines is 1. The number of benzene rings is 2. The number of carbonyl (C=O) groups is 1. The fraction of sp³-hybridized carbons (Fsp3) is 0.367. The average Bonchev–Trinajstić information content (AvgIpc) is 3.61. The summed E-state index contributed by atoms with van der Waals surface area (Å²) in [7, 11) is 1.68. The molecule has 2 aliphatic rings. The zero-order valence-corrected chi connectivity index (χ0v) is 24.0. The summed E-state index contributed by atoms with van der Waals surface area (Å²) in [4.78, 5) is 27.2. The second kappa shape index (κ2) is 10.5. The lowest BCUT2D eigenvalue weighted by Crippen LogP contribution is -2.36. The Morgan fingerprint density at radius 3 is 2.60 bits per heavy atom. The molecule has 3 heterocycles. The Morgan fingerprint density at radius 2 is 1.90 bits per heavy atom. The molecule has 0 bridgehead atoms. The van der Waals surface area contributed by atoms with Gasteiger partial charge in [0, 0.05) is 50.3 Å². The van der Waals surface area contributed by atoms with Crippen molar-refractivity contribution in [3.05, 3.63) is 74.2 Å². The molecule has 9 nitrogen and oxygen atoms in total. The molecule has 1 aliphatic heterocycles. The number of pyridine rings is 1. The minimum Gasteiger partial charge on any atom is -0.489 e. The number of nitrogens with zero attached hydrogens (tertiary/aromatic N) is 6. The number of carbonyl (C=O) groups excluding carboxylic acids is 1. The van der Waals surface area contributed by atoms with Gasteiger partial charge in [-0.05, 0) is 59.8 Å². The van der Waals surface area contributed by atoms with Gasteiger partial charge in [-0.3, -0.25) is 9.59 Å². The van der Waals surface area contributed by atoms with E-state index in [4.69, 9.17) is 4.74 Å². The predicted octanol–water partition coefficient (Wildman–Crippen LogP) is 4.95. The summed E-state index contributed by atoms with van der Waals surface area (Å²) >= 11 is 3.64. The van der Waals surface area contributed by atoms with Crippen molar-refractivity contribution in [2.45, 2.75) is 51.0 Å². The number of hydrogen-bond acceptors (Lipinski definition) is 7. The number of aryl methyl sites for hydroxylation is 2. The van der Waals surface area contributed by atoms with Gasteiger partial charge in [0.05, 0.1) is 33.3 Å². The van der Waals surface area contributed by atoms with Crippen LogP contribution in [0.4, 0.5) is 5.69 Å². The molecule has 2 aromatic carbocycles. The van der Waals surface area contributed by atoms with Gasteiger partial charge in [0.2, 0.25) is 0 Å². The monoisotopic (exact) mass is 600 g/mol. The third-order valence-electron chi connectivity index (χ3n) is 8.13. The van der Waals surface area contributed by atoms with Crippen LogP contribution in [0.1, 0.15) is 54.8 Å². The van der Waals surface area contributed by atoms with Crippen LogP contribution in [-0.4, -0.2) is 44.5 Å². The molecule has 0 unspecified atom stereocenters. The maximum absolute atomic E-state index is 13.3. The topological polar surface area (TPSA) is 106 Å². The van der Waals surface area contributed by atoms with Crippen molar-refractivity contribution < 1.29 is 9.53 Å². The van der Waals surface area contributed by atoms with E-state index in [-0.39, 0.29) is 28.9 Å². The fourth-order valence-corrected chi connectivity index (χ4v) is 6.34. The van der Waals surface area contributed by atoms with Crippen molar-refractivity contribution in [3.8, 4) is 17.5 Å². The molecule has 6 rings (SSSR count). The summed E-state index contributed by atoms with van der Waals surface area (Å²) in [6, 6.07) is 14.0. The lowest BCUT2D eigenvalue weighted by atomic mass is 9.93. The number of Topliss-reactive ketones (excluding diaryl/α,β-unsaturated/α-hetero) is 1. The Bertz CT molecular complexity index is 1730. The molecule has 0 amide bonds. The number of rotatable bonds is 5. The smallest absolute Gasteiger partial charge is 0.270 e. The first-order valence-corrected chi connectivity index (χ1v) is 14.3. The molecular formula is C30H29BrN6O3. The van der Waals surface area contributed by atoms with Crippen molar-refractivity contribution in [2.24, 2.45) is 7.05 Å². The van der Waals surface area contributed by atoms with E-state index in [0.717, 1.165) is 39.6 Å². The lowest BCUT2D eigenvalue weighted by molar-refractivity contribution is -0.117. The number of ether oxygens (including phenoxy) is 1. The Labute approximate surface area is 240 Å². The number of nitriles is 1. The quantitative estimate of drug-likeness (QED) is 0.319. The first kappa shape index (κ1) is 26.3. The number of hydrogen-bond donors (Lipinski definition) is 0. The maximum Gasteiger partial charge on any atom is 0.270 e. The molecule has 2 aromatic heterocycles. The zero-order valence-electron chi connectivity index (χ0n) is 22.4. The molecule has 1 atom stereocenters. The van der Waals surface area contributed by atoms with Gasteiger partial charge < -0.3 is 14.2 Å². The fourth-order valence-electron chi connectivity index (χ4n) is 5.90. The van der Waals surface area contributed by atoms with E-state index < -0.39 is 0 Å². The molecule has 1 saturated carbocycles. The molecule has 1 saturated heterocycles. The van der Waals surface area contributed by atoms with Gasteiger partial charge in [-0.25, -0.2) is 4.68 Å². The third kappa shape index (κ3) is 4.68. The van der Waals surface area contributed by atoms with Crippen LogP contribution >= 0.6 is 15.9 Å². The number of aromatic nitrogens is 4. The highest BCUT2D eigenvalue weighted by Crippen LogP contribution is 2.39. The third-order valence-corrected chi connectivity index (χ3v) is 8.75.